The lowest BCUT2D eigenvalue weighted by molar-refractivity contribution is 0.612. The van der Waals surface area contributed by atoms with Gasteiger partial charge in [-0.25, -0.2) is 9.37 Å². The van der Waals surface area contributed by atoms with E-state index in [4.69, 9.17) is 0 Å². The first kappa shape index (κ1) is 11.0. The van der Waals surface area contributed by atoms with Crippen LogP contribution < -0.4 is 0 Å². The first-order valence-corrected chi connectivity index (χ1v) is 5.90. The summed E-state index contributed by atoms with van der Waals surface area (Å²) in [6, 6.07) is 10.9. The number of benzene rings is 1. The molecule has 90 valence electrons. The Morgan fingerprint density at radius 2 is 2.06 bits per heavy atom. The van der Waals surface area contributed by atoms with Crippen molar-refractivity contribution in [2.24, 2.45) is 0 Å². The number of aryl methyl sites for hydroxylation is 1. The molecule has 0 N–H and O–H groups in total. The highest BCUT2D eigenvalue weighted by Gasteiger charge is 2.07. The van der Waals surface area contributed by atoms with Gasteiger partial charge in [0.1, 0.15) is 11.6 Å². The van der Waals surface area contributed by atoms with E-state index in [1.165, 1.54) is 11.6 Å². The van der Waals surface area contributed by atoms with Gasteiger partial charge in [-0.05, 0) is 36.2 Å². The first-order valence-electron chi connectivity index (χ1n) is 5.90. The summed E-state index contributed by atoms with van der Waals surface area (Å²) in [6.45, 7) is 2.05. The van der Waals surface area contributed by atoms with Gasteiger partial charge in [0, 0.05) is 12.6 Å². The predicted octanol–water partition coefficient (Wildman–Crippen LogP) is 3.37. The van der Waals surface area contributed by atoms with Crippen LogP contribution in [0.1, 0.15) is 17.0 Å². The lowest BCUT2D eigenvalue weighted by Gasteiger charge is -2.03. The van der Waals surface area contributed by atoms with E-state index in [9.17, 15) is 4.39 Å². The molecule has 3 heteroatoms. The van der Waals surface area contributed by atoms with Crippen molar-refractivity contribution in [3.05, 3.63) is 71.6 Å². The van der Waals surface area contributed by atoms with Gasteiger partial charge in [0.05, 0.1) is 11.7 Å². The van der Waals surface area contributed by atoms with E-state index in [2.05, 4.69) is 11.1 Å². The highest BCUT2D eigenvalue weighted by Crippen LogP contribution is 2.15. The molecule has 18 heavy (non-hydrogen) atoms. The minimum atomic E-state index is -0.179. The Hall–Kier alpha value is -2.16. The summed E-state index contributed by atoms with van der Waals surface area (Å²) in [6.07, 6.45) is 4.31. The third kappa shape index (κ3) is 1.88. The summed E-state index contributed by atoms with van der Waals surface area (Å²) in [4.78, 5) is 4.37. The van der Waals surface area contributed by atoms with Crippen LogP contribution in [0, 0.1) is 12.7 Å². The van der Waals surface area contributed by atoms with Crippen molar-refractivity contribution in [2.75, 3.05) is 0 Å². The minimum absolute atomic E-state index is 0.179. The van der Waals surface area contributed by atoms with Crippen molar-refractivity contribution < 1.29 is 4.39 Å². The molecule has 1 aromatic carbocycles. The Kier molecular flexibility index (Phi) is 2.59. The number of nitrogens with zero attached hydrogens (tertiary/aromatic N) is 2. The maximum atomic E-state index is 13.6. The van der Waals surface area contributed by atoms with Crippen LogP contribution in [0.5, 0.6) is 0 Å². The highest BCUT2D eigenvalue weighted by atomic mass is 19.1. The van der Waals surface area contributed by atoms with Gasteiger partial charge in [-0.2, -0.15) is 0 Å². The maximum Gasteiger partial charge on any atom is 0.126 e. The van der Waals surface area contributed by atoms with Crippen molar-refractivity contribution in [3.8, 4) is 0 Å². The standard InChI is InChI=1S/C15H13FN2/c1-11-6-7-18-13(8-11)10-17-15(18)9-12-4-2-3-5-14(12)16/h2-8,10H,9H2,1H3. The predicted molar refractivity (Wildman–Crippen MR) is 69.1 cm³/mol. The molecule has 0 saturated carbocycles. The molecule has 0 fully saturated rings. The second-order valence-corrected chi connectivity index (χ2v) is 4.44. The van der Waals surface area contributed by atoms with E-state index in [-0.39, 0.29) is 5.82 Å². The molecule has 3 rings (SSSR count). The van der Waals surface area contributed by atoms with Crippen molar-refractivity contribution >= 4 is 5.52 Å². The second-order valence-electron chi connectivity index (χ2n) is 4.44. The molecular formula is C15H13FN2. The molecule has 0 aliphatic rings. The van der Waals surface area contributed by atoms with Crippen molar-refractivity contribution in [3.63, 3.8) is 0 Å². The summed E-state index contributed by atoms with van der Waals surface area (Å²) >= 11 is 0. The molecule has 0 atom stereocenters. The molecule has 0 bridgehead atoms. The van der Waals surface area contributed by atoms with Gasteiger partial charge in [-0.1, -0.05) is 18.2 Å². The Balaban J connectivity index is 2.03. The maximum absolute atomic E-state index is 13.6. The van der Waals surface area contributed by atoms with E-state index in [0.29, 0.717) is 12.0 Å². The minimum Gasteiger partial charge on any atom is -0.303 e. The van der Waals surface area contributed by atoms with Gasteiger partial charge in [-0.3, -0.25) is 0 Å². The average molecular weight is 240 g/mol. The number of hydrogen-bond donors (Lipinski definition) is 0. The summed E-state index contributed by atoms with van der Waals surface area (Å²) < 4.78 is 15.6. The van der Waals surface area contributed by atoms with E-state index in [0.717, 1.165) is 11.3 Å². The topological polar surface area (TPSA) is 17.3 Å². The first-order chi connectivity index (χ1) is 8.74. The van der Waals surface area contributed by atoms with Crippen LogP contribution in [0.15, 0.2) is 48.8 Å². The molecule has 0 spiro atoms. The van der Waals surface area contributed by atoms with Crippen LogP contribution in [-0.2, 0) is 6.42 Å². The smallest absolute Gasteiger partial charge is 0.126 e. The van der Waals surface area contributed by atoms with E-state index < -0.39 is 0 Å². The zero-order valence-electron chi connectivity index (χ0n) is 10.1. The van der Waals surface area contributed by atoms with Crippen molar-refractivity contribution in [2.45, 2.75) is 13.3 Å². The third-order valence-electron chi connectivity index (χ3n) is 3.07. The largest absolute Gasteiger partial charge is 0.303 e. The Labute approximate surface area is 105 Å². The average Bonchev–Trinajstić information content (AvgIpc) is 2.74. The number of pyridine rings is 1. The van der Waals surface area contributed by atoms with Crippen LogP contribution in [0.25, 0.3) is 5.52 Å². The molecule has 2 heterocycles. The van der Waals surface area contributed by atoms with Crippen LogP contribution in [0.4, 0.5) is 4.39 Å². The quantitative estimate of drug-likeness (QED) is 0.671. The number of fused-ring (bicyclic) bond motifs is 1. The summed E-state index contributed by atoms with van der Waals surface area (Å²) in [5, 5.41) is 0. The SMILES string of the molecule is Cc1ccn2c(Cc3ccccc3F)ncc2c1. The number of halogens is 1. The Bertz CT molecular complexity index is 701. The summed E-state index contributed by atoms with van der Waals surface area (Å²) in [7, 11) is 0. The molecule has 0 amide bonds. The van der Waals surface area contributed by atoms with Crippen LogP contribution in [0.2, 0.25) is 0 Å². The van der Waals surface area contributed by atoms with E-state index in [1.54, 1.807) is 12.1 Å². The fourth-order valence-corrected chi connectivity index (χ4v) is 2.11. The normalized spacial score (nSPS) is 11.0. The fraction of sp³-hybridized carbons (Fsp3) is 0.133. The fourth-order valence-electron chi connectivity index (χ4n) is 2.11. The van der Waals surface area contributed by atoms with Gasteiger partial charge in [-0.15, -0.1) is 0 Å². The molecule has 2 aromatic heterocycles. The van der Waals surface area contributed by atoms with Gasteiger partial charge in [0.25, 0.3) is 0 Å². The van der Waals surface area contributed by atoms with E-state index >= 15 is 0 Å². The zero-order chi connectivity index (χ0) is 12.5. The number of rotatable bonds is 2. The van der Waals surface area contributed by atoms with Gasteiger partial charge in [0.15, 0.2) is 0 Å². The van der Waals surface area contributed by atoms with Crippen LogP contribution in [-0.4, -0.2) is 9.38 Å². The van der Waals surface area contributed by atoms with Crippen LogP contribution >= 0.6 is 0 Å². The molecule has 0 aliphatic carbocycles. The van der Waals surface area contributed by atoms with Gasteiger partial charge >= 0.3 is 0 Å². The lowest BCUT2D eigenvalue weighted by atomic mass is 10.1. The second kappa shape index (κ2) is 4.26. The van der Waals surface area contributed by atoms with E-state index in [1.807, 2.05) is 35.9 Å². The molecule has 0 radical (unpaired) electrons. The summed E-state index contributed by atoms with van der Waals surface area (Å²) in [5.74, 6) is 0.677. The molecule has 3 aromatic rings. The van der Waals surface area contributed by atoms with Crippen LogP contribution in [0.3, 0.4) is 0 Å². The van der Waals surface area contributed by atoms with Gasteiger partial charge < -0.3 is 4.40 Å². The number of imidazole rings is 1. The molecular weight excluding hydrogens is 227 g/mol. The molecule has 0 saturated heterocycles. The molecule has 0 aliphatic heterocycles. The van der Waals surface area contributed by atoms with Crippen molar-refractivity contribution in [1.29, 1.82) is 0 Å². The summed E-state index contributed by atoms with van der Waals surface area (Å²) in [5.41, 5.74) is 2.91. The lowest BCUT2D eigenvalue weighted by Crippen LogP contribution is -1.98. The Morgan fingerprint density at radius 3 is 2.89 bits per heavy atom. The zero-order valence-corrected chi connectivity index (χ0v) is 10.1. The Morgan fingerprint density at radius 1 is 1.22 bits per heavy atom. The number of hydrogen-bond acceptors (Lipinski definition) is 1. The van der Waals surface area contributed by atoms with Crippen molar-refractivity contribution in [1.82, 2.24) is 9.38 Å². The monoisotopic (exact) mass is 240 g/mol. The highest BCUT2D eigenvalue weighted by molar-refractivity contribution is 5.48. The third-order valence-corrected chi connectivity index (χ3v) is 3.07. The number of aromatic nitrogens is 2. The van der Waals surface area contributed by atoms with Gasteiger partial charge in [0.2, 0.25) is 0 Å². The molecule has 0 unspecified atom stereocenters. The molecule has 2 nitrogen and oxygen atoms in total.